The molecule has 1 aromatic carbocycles. The fraction of sp³-hybridized carbons (Fsp3) is 0.308. The number of aromatic amines is 1. The minimum atomic E-state index is -0.408. The molecule has 0 aliphatic rings. The Morgan fingerprint density at radius 2 is 2.26 bits per heavy atom. The van der Waals surface area contributed by atoms with Gasteiger partial charge >= 0.3 is 5.76 Å². The Morgan fingerprint density at radius 1 is 1.42 bits per heavy atom. The van der Waals surface area contributed by atoms with Gasteiger partial charge in [0.05, 0.1) is 18.0 Å². The van der Waals surface area contributed by atoms with Gasteiger partial charge in [0, 0.05) is 19.0 Å². The Balaban J connectivity index is 1.70. The average molecular weight is 280 g/mol. The van der Waals surface area contributed by atoms with E-state index in [1.54, 1.807) is 18.0 Å². The van der Waals surface area contributed by atoms with Gasteiger partial charge in [0.1, 0.15) is 11.5 Å². The van der Waals surface area contributed by atoms with E-state index >= 15 is 0 Å². The second kappa shape index (κ2) is 6.94. The number of rotatable bonds is 7. The van der Waals surface area contributed by atoms with Crippen molar-refractivity contribution in [2.45, 2.75) is 5.75 Å². The number of anilines is 1. The van der Waals surface area contributed by atoms with E-state index in [2.05, 4.69) is 10.3 Å². The van der Waals surface area contributed by atoms with Crippen LogP contribution in [-0.2, 0) is 5.75 Å². The first-order valence-corrected chi connectivity index (χ1v) is 7.10. The summed E-state index contributed by atoms with van der Waals surface area (Å²) in [6.45, 7) is 0.609. The van der Waals surface area contributed by atoms with Gasteiger partial charge in [-0.25, -0.2) is 4.79 Å². The van der Waals surface area contributed by atoms with Crippen molar-refractivity contribution in [3.8, 4) is 5.75 Å². The van der Waals surface area contributed by atoms with Crippen LogP contribution in [0.3, 0.4) is 0 Å². The first-order valence-electron chi connectivity index (χ1n) is 5.94. The zero-order valence-corrected chi connectivity index (χ0v) is 11.5. The summed E-state index contributed by atoms with van der Waals surface area (Å²) in [6, 6.07) is 7.80. The zero-order valence-electron chi connectivity index (χ0n) is 10.6. The molecule has 0 amide bonds. The summed E-state index contributed by atoms with van der Waals surface area (Å²) >= 11 is 1.65. The van der Waals surface area contributed by atoms with Crippen molar-refractivity contribution in [2.75, 3.05) is 24.7 Å². The molecule has 102 valence electrons. The Labute approximate surface area is 115 Å². The van der Waals surface area contributed by atoms with Crippen LogP contribution in [0.25, 0.3) is 0 Å². The predicted octanol–water partition coefficient (Wildman–Crippen LogP) is 2.32. The van der Waals surface area contributed by atoms with E-state index in [9.17, 15) is 4.79 Å². The summed E-state index contributed by atoms with van der Waals surface area (Å²) in [5.74, 6) is 2.59. The van der Waals surface area contributed by atoms with E-state index < -0.39 is 5.76 Å². The predicted molar refractivity (Wildman–Crippen MR) is 77.0 cm³/mol. The molecule has 0 saturated heterocycles. The molecule has 0 bridgehead atoms. The van der Waals surface area contributed by atoms with Crippen LogP contribution in [0.15, 0.2) is 39.7 Å². The highest BCUT2D eigenvalue weighted by Gasteiger charge is 2.02. The lowest BCUT2D eigenvalue weighted by Crippen LogP contribution is -2.02. The van der Waals surface area contributed by atoms with Gasteiger partial charge in [0.15, 0.2) is 0 Å². The number of para-hydroxylation sites is 2. The standard InChI is InChI=1S/C13H16N2O3S/c1-14-11-4-2-3-5-12(11)17-6-7-19-9-10-8-15-13(16)18-10/h2-5,8,14H,6-7,9H2,1H3,(H,15,16). The molecule has 0 unspecified atom stereocenters. The molecule has 1 aromatic heterocycles. The van der Waals surface area contributed by atoms with Gasteiger partial charge in [-0.05, 0) is 12.1 Å². The number of ether oxygens (including phenoxy) is 1. The van der Waals surface area contributed by atoms with Crippen LogP contribution in [-0.4, -0.2) is 24.4 Å². The lowest BCUT2D eigenvalue weighted by Gasteiger charge is -2.10. The van der Waals surface area contributed by atoms with Crippen LogP contribution in [0.4, 0.5) is 5.69 Å². The third-order valence-electron chi connectivity index (χ3n) is 2.46. The minimum absolute atomic E-state index is 0.408. The normalized spacial score (nSPS) is 10.4. The van der Waals surface area contributed by atoms with Crippen LogP contribution in [0.1, 0.15) is 5.76 Å². The molecule has 5 nitrogen and oxygen atoms in total. The van der Waals surface area contributed by atoms with Crippen LogP contribution < -0.4 is 15.8 Å². The smallest absolute Gasteiger partial charge is 0.416 e. The van der Waals surface area contributed by atoms with Gasteiger partial charge in [-0.3, -0.25) is 4.98 Å². The molecule has 19 heavy (non-hydrogen) atoms. The van der Waals surface area contributed by atoms with E-state index in [4.69, 9.17) is 9.15 Å². The largest absolute Gasteiger partial charge is 0.491 e. The fourth-order valence-electron chi connectivity index (χ4n) is 1.57. The quantitative estimate of drug-likeness (QED) is 0.762. The number of H-pyrrole nitrogens is 1. The maximum Gasteiger partial charge on any atom is 0.416 e. The molecule has 0 spiro atoms. The van der Waals surface area contributed by atoms with E-state index in [1.165, 1.54) is 0 Å². The van der Waals surface area contributed by atoms with E-state index in [1.807, 2.05) is 31.3 Å². The first kappa shape index (κ1) is 13.6. The third-order valence-corrected chi connectivity index (χ3v) is 3.40. The van der Waals surface area contributed by atoms with E-state index in [-0.39, 0.29) is 0 Å². The van der Waals surface area contributed by atoms with Crippen LogP contribution >= 0.6 is 11.8 Å². The fourth-order valence-corrected chi connectivity index (χ4v) is 2.26. The van der Waals surface area contributed by atoms with Crippen molar-refractivity contribution in [1.29, 1.82) is 0 Å². The summed E-state index contributed by atoms with van der Waals surface area (Å²) in [7, 11) is 1.87. The molecule has 0 radical (unpaired) electrons. The highest BCUT2D eigenvalue weighted by molar-refractivity contribution is 7.98. The summed E-state index contributed by atoms with van der Waals surface area (Å²) in [4.78, 5) is 13.2. The van der Waals surface area contributed by atoms with Gasteiger partial charge in [0.25, 0.3) is 0 Å². The van der Waals surface area contributed by atoms with Gasteiger partial charge < -0.3 is 14.5 Å². The zero-order chi connectivity index (χ0) is 13.5. The number of aromatic nitrogens is 1. The SMILES string of the molecule is CNc1ccccc1OCCSCc1c[nH]c(=O)o1. The van der Waals surface area contributed by atoms with Crippen molar-refractivity contribution in [1.82, 2.24) is 4.98 Å². The molecule has 1 heterocycles. The van der Waals surface area contributed by atoms with Gasteiger partial charge in [0.2, 0.25) is 0 Å². The second-order valence-electron chi connectivity index (χ2n) is 3.79. The molecule has 6 heteroatoms. The summed E-state index contributed by atoms with van der Waals surface area (Å²) in [5.41, 5.74) is 0.976. The molecule has 2 rings (SSSR count). The van der Waals surface area contributed by atoms with Gasteiger partial charge in [-0.15, -0.1) is 0 Å². The number of benzene rings is 1. The molecule has 0 saturated carbocycles. The summed E-state index contributed by atoms with van der Waals surface area (Å²) < 4.78 is 10.6. The van der Waals surface area contributed by atoms with Crippen molar-refractivity contribution in [2.24, 2.45) is 0 Å². The second-order valence-corrected chi connectivity index (χ2v) is 4.90. The molecular formula is C13H16N2O3S. The topological polar surface area (TPSA) is 67.3 Å². The lowest BCUT2D eigenvalue weighted by molar-refractivity contribution is 0.345. The van der Waals surface area contributed by atoms with E-state index in [0.29, 0.717) is 18.1 Å². The summed E-state index contributed by atoms with van der Waals surface area (Å²) in [5, 5.41) is 3.08. The van der Waals surface area contributed by atoms with Crippen LogP contribution in [0, 0.1) is 0 Å². The lowest BCUT2D eigenvalue weighted by atomic mass is 10.3. The molecule has 2 aromatic rings. The molecule has 0 aliphatic carbocycles. The molecule has 0 fully saturated rings. The van der Waals surface area contributed by atoms with Gasteiger partial charge in [-0.2, -0.15) is 11.8 Å². The Morgan fingerprint density at radius 3 is 3.00 bits per heavy atom. The Kier molecular flexibility index (Phi) is 4.97. The van der Waals surface area contributed by atoms with Crippen molar-refractivity contribution in [3.05, 3.63) is 46.8 Å². The third kappa shape index (κ3) is 4.10. The van der Waals surface area contributed by atoms with Gasteiger partial charge in [-0.1, -0.05) is 12.1 Å². The highest BCUT2D eigenvalue weighted by Crippen LogP contribution is 2.23. The Bertz CT molecular complexity index is 565. The first-order chi connectivity index (χ1) is 9.29. The maximum absolute atomic E-state index is 10.8. The highest BCUT2D eigenvalue weighted by atomic mass is 32.2. The van der Waals surface area contributed by atoms with E-state index in [0.717, 1.165) is 17.2 Å². The van der Waals surface area contributed by atoms with Crippen molar-refractivity contribution in [3.63, 3.8) is 0 Å². The Hall–Kier alpha value is -1.82. The van der Waals surface area contributed by atoms with Crippen LogP contribution in [0.5, 0.6) is 5.75 Å². The number of hydrogen-bond donors (Lipinski definition) is 2. The maximum atomic E-state index is 10.8. The molecule has 2 N–H and O–H groups in total. The minimum Gasteiger partial charge on any atom is -0.491 e. The number of nitrogens with one attached hydrogen (secondary N) is 2. The summed E-state index contributed by atoms with van der Waals surface area (Å²) in [6.07, 6.45) is 1.59. The monoisotopic (exact) mass is 280 g/mol. The van der Waals surface area contributed by atoms with Crippen LogP contribution in [0.2, 0.25) is 0 Å². The van der Waals surface area contributed by atoms with Crippen molar-refractivity contribution < 1.29 is 9.15 Å². The molecule has 0 atom stereocenters. The number of hydrogen-bond acceptors (Lipinski definition) is 5. The average Bonchev–Trinajstić information content (AvgIpc) is 2.84. The number of thioether (sulfide) groups is 1. The molecule has 0 aliphatic heterocycles. The van der Waals surface area contributed by atoms with Crippen molar-refractivity contribution >= 4 is 17.4 Å². The molecular weight excluding hydrogens is 264 g/mol. The number of oxazole rings is 1.